The second-order valence-electron chi connectivity index (χ2n) is 7.70. The molecule has 0 aliphatic carbocycles. The molecule has 0 saturated carbocycles. The molecule has 2 amide bonds. The van der Waals surface area contributed by atoms with Crippen molar-refractivity contribution in [2.75, 3.05) is 12.4 Å². The molecule has 0 spiro atoms. The molecule has 4 heterocycles. The number of pyridine rings is 1. The minimum atomic E-state index is -0.310. The maximum absolute atomic E-state index is 13.2. The molecule has 1 N–H and O–H groups in total. The minimum absolute atomic E-state index is 0.149. The summed E-state index contributed by atoms with van der Waals surface area (Å²) in [5.74, 6) is 0.211. The number of benzene rings is 1. The van der Waals surface area contributed by atoms with E-state index < -0.39 is 0 Å². The van der Waals surface area contributed by atoms with E-state index >= 15 is 0 Å². The number of anilines is 1. The number of hydrogen-bond acceptors (Lipinski definition) is 8. The number of thiazole rings is 1. The van der Waals surface area contributed by atoms with Crippen LogP contribution in [0.3, 0.4) is 0 Å². The van der Waals surface area contributed by atoms with E-state index in [1.165, 1.54) is 30.1 Å². The van der Waals surface area contributed by atoms with Gasteiger partial charge in [-0.2, -0.15) is 0 Å². The summed E-state index contributed by atoms with van der Waals surface area (Å²) in [6.45, 7) is 2.67. The maximum Gasteiger partial charge on any atom is 0.259 e. The third kappa shape index (κ3) is 4.11. The van der Waals surface area contributed by atoms with Crippen LogP contribution in [0.25, 0.3) is 11.1 Å². The van der Waals surface area contributed by atoms with E-state index in [0.29, 0.717) is 35.1 Å². The number of methoxy groups -OCH3 is 1. The third-order valence-electron chi connectivity index (χ3n) is 5.45. The molecular weight excluding hydrogens is 452 g/mol. The molecule has 3 aromatic heterocycles. The zero-order chi connectivity index (χ0) is 23.7. The first kappa shape index (κ1) is 21.7. The number of ether oxygens (including phenoxy) is 1. The zero-order valence-corrected chi connectivity index (χ0v) is 19.3. The Kier molecular flexibility index (Phi) is 5.72. The van der Waals surface area contributed by atoms with Gasteiger partial charge in [-0.1, -0.05) is 29.5 Å². The lowest BCUT2D eigenvalue weighted by molar-refractivity contribution is 0.0749. The maximum atomic E-state index is 13.2. The Labute approximate surface area is 199 Å². The standard InChI is InChI=1S/C24H20N6O3S/c1-14-7-17(16-5-3-4-6-20(16)33-2)18(10-27-14)22(31)29-24-28-19-11-30(12-21(19)34-24)23(32)15-8-25-13-26-9-15/h3-10,13H,11-12H2,1-2H3,(H,28,29,31). The van der Waals surface area contributed by atoms with Gasteiger partial charge in [-0.05, 0) is 19.1 Å². The molecule has 0 atom stereocenters. The molecule has 4 aromatic rings. The van der Waals surface area contributed by atoms with Crippen molar-refractivity contribution < 1.29 is 14.3 Å². The van der Waals surface area contributed by atoms with Gasteiger partial charge in [0.25, 0.3) is 11.8 Å². The van der Waals surface area contributed by atoms with Crippen LogP contribution in [-0.4, -0.2) is 43.8 Å². The quantitative estimate of drug-likeness (QED) is 0.471. The van der Waals surface area contributed by atoms with E-state index in [1.54, 1.807) is 18.2 Å². The second-order valence-corrected chi connectivity index (χ2v) is 8.79. The summed E-state index contributed by atoms with van der Waals surface area (Å²) < 4.78 is 5.49. The van der Waals surface area contributed by atoms with Gasteiger partial charge in [-0.15, -0.1) is 0 Å². The van der Waals surface area contributed by atoms with Crippen molar-refractivity contribution in [1.82, 2.24) is 24.8 Å². The van der Waals surface area contributed by atoms with Crippen LogP contribution < -0.4 is 10.1 Å². The highest BCUT2D eigenvalue weighted by molar-refractivity contribution is 7.16. The van der Waals surface area contributed by atoms with Crippen LogP contribution in [0.15, 0.2) is 55.2 Å². The smallest absolute Gasteiger partial charge is 0.259 e. The Morgan fingerprint density at radius 1 is 1.09 bits per heavy atom. The molecule has 0 fully saturated rings. The lowest BCUT2D eigenvalue weighted by atomic mass is 9.99. The fourth-order valence-corrected chi connectivity index (χ4v) is 4.81. The molecule has 10 heteroatoms. The van der Waals surface area contributed by atoms with Crippen LogP contribution in [0.2, 0.25) is 0 Å². The molecule has 1 aliphatic heterocycles. The summed E-state index contributed by atoms with van der Waals surface area (Å²) in [5.41, 5.74) is 3.96. The Hall–Kier alpha value is -4.18. The lowest BCUT2D eigenvalue weighted by Gasteiger charge is -2.15. The molecule has 5 rings (SSSR count). The first-order valence-corrected chi connectivity index (χ1v) is 11.3. The zero-order valence-electron chi connectivity index (χ0n) is 18.5. The summed E-state index contributed by atoms with van der Waals surface area (Å²) in [5, 5.41) is 3.38. The van der Waals surface area contributed by atoms with Crippen molar-refractivity contribution in [1.29, 1.82) is 0 Å². The second kappa shape index (κ2) is 8.99. The monoisotopic (exact) mass is 472 g/mol. The van der Waals surface area contributed by atoms with Crippen LogP contribution in [0, 0.1) is 6.92 Å². The Bertz CT molecular complexity index is 1370. The molecule has 0 saturated heterocycles. The Balaban J connectivity index is 1.35. The fourth-order valence-electron chi connectivity index (χ4n) is 3.82. The summed E-state index contributed by atoms with van der Waals surface area (Å²) in [4.78, 5) is 45.1. The van der Waals surface area contributed by atoms with Crippen molar-refractivity contribution in [3.8, 4) is 16.9 Å². The Morgan fingerprint density at radius 3 is 2.65 bits per heavy atom. The predicted octanol–water partition coefficient (Wildman–Crippen LogP) is 3.72. The number of hydrogen-bond donors (Lipinski definition) is 1. The van der Waals surface area contributed by atoms with Gasteiger partial charge in [0.2, 0.25) is 0 Å². The van der Waals surface area contributed by atoms with Crippen LogP contribution in [0.5, 0.6) is 5.75 Å². The molecule has 9 nitrogen and oxygen atoms in total. The van der Waals surface area contributed by atoms with Crippen molar-refractivity contribution >= 4 is 28.3 Å². The van der Waals surface area contributed by atoms with Gasteiger partial charge in [0, 0.05) is 35.4 Å². The number of aryl methyl sites for hydroxylation is 1. The lowest BCUT2D eigenvalue weighted by Crippen LogP contribution is -2.25. The topological polar surface area (TPSA) is 110 Å². The molecule has 170 valence electrons. The Morgan fingerprint density at radius 2 is 1.88 bits per heavy atom. The number of fused-ring (bicyclic) bond motifs is 1. The van der Waals surface area contributed by atoms with Crippen LogP contribution in [0.4, 0.5) is 5.13 Å². The number of carbonyl (C=O) groups is 2. The number of nitrogens with zero attached hydrogens (tertiary/aromatic N) is 5. The molecule has 0 radical (unpaired) electrons. The SMILES string of the molecule is COc1ccccc1-c1cc(C)ncc1C(=O)Nc1nc2c(s1)CN(C(=O)c1cncnc1)C2. The summed E-state index contributed by atoms with van der Waals surface area (Å²) in [6, 6.07) is 9.41. The van der Waals surface area contributed by atoms with Crippen LogP contribution >= 0.6 is 11.3 Å². The first-order chi connectivity index (χ1) is 16.5. The van der Waals surface area contributed by atoms with Gasteiger partial charge >= 0.3 is 0 Å². The summed E-state index contributed by atoms with van der Waals surface area (Å²) in [7, 11) is 1.60. The van der Waals surface area contributed by atoms with Gasteiger partial charge in [0.1, 0.15) is 12.1 Å². The van der Waals surface area contributed by atoms with Crippen molar-refractivity contribution in [2.24, 2.45) is 0 Å². The average molecular weight is 473 g/mol. The number of amides is 2. The first-order valence-electron chi connectivity index (χ1n) is 10.5. The minimum Gasteiger partial charge on any atom is -0.496 e. The number of carbonyl (C=O) groups excluding carboxylic acids is 2. The van der Waals surface area contributed by atoms with E-state index in [9.17, 15) is 9.59 Å². The number of para-hydroxylation sites is 1. The van der Waals surface area contributed by atoms with E-state index in [0.717, 1.165) is 27.4 Å². The van der Waals surface area contributed by atoms with E-state index in [1.807, 2.05) is 37.3 Å². The highest BCUT2D eigenvalue weighted by atomic mass is 32.1. The molecule has 34 heavy (non-hydrogen) atoms. The average Bonchev–Trinajstić information content (AvgIpc) is 3.42. The summed E-state index contributed by atoms with van der Waals surface area (Å²) >= 11 is 1.36. The van der Waals surface area contributed by atoms with E-state index in [4.69, 9.17) is 4.74 Å². The number of aromatic nitrogens is 4. The third-order valence-corrected chi connectivity index (χ3v) is 6.45. The normalized spacial score (nSPS) is 12.4. The molecule has 0 unspecified atom stereocenters. The van der Waals surface area contributed by atoms with Gasteiger partial charge in [-0.25, -0.2) is 15.0 Å². The van der Waals surface area contributed by atoms with Crippen molar-refractivity contribution in [3.05, 3.63) is 82.6 Å². The summed E-state index contributed by atoms with van der Waals surface area (Å²) in [6.07, 6.45) is 5.94. The van der Waals surface area contributed by atoms with Gasteiger partial charge in [0.05, 0.1) is 41.9 Å². The van der Waals surface area contributed by atoms with E-state index in [-0.39, 0.29) is 11.8 Å². The molecule has 0 bridgehead atoms. The molecule has 1 aromatic carbocycles. The largest absolute Gasteiger partial charge is 0.496 e. The van der Waals surface area contributed by atoms with Crippen molar-refractivity contribution in [3.63, 3.8) is 0 Å². The van der Waals surface area contributed by atoms with E-state index in [2.05, 4.69) is 25.3 Å². The van der Waals surface area contributed by atoms with Crippen molar-refractivity contribution in [2.45, 2.75) is 20.0 Å². The fraction of sp³-hybridized carbons (Fsp3) is 0.167. The highest BCUT2D eigenvalue weighted by Gasteiger charge is 2.29. The van der Waals surface area contributed by atoms with Gasteiger partial charge in [-0.3, -0.25) is 19.9 Å². The van der Waals surface area contributed by atoms with Crippen LogP contribution in [-0.2, 0) is 13.1 Å². The highest BCUT2D eigenvalue weighted by Crippen LogP contribution is 2.34. The molecule has 1 aliphatic rings. The number of rotatable bonds is 5. The molecular formula is C24H20N6O3S. The number of nitrogens with one attached hydrogen (secondary N) is 1. The van der Waals surface area contributed by atoms with Gasteiger partial charge < -0.3 is 9.64 Å². The van der Waals surface area contributed by atoms with Gasteiger partial charge in [0.15, 0.2) is 5.13 Å². The predicted molar refractivity (Wildman–Crippen MR) is 127 cm³/mol. The van der Waals surface area contributed by atoms with Crippen LogP contribution in [0.1, 0.15) is 37.0 Å².